The molecule has 0 radical (unpaired) electrons. The molecule has 11 heteroatoms. The van der Waals surface area contributed by atoms with Gasteiger partial charge in [-0.25, -0.2) is 13.2 Å². The Balaban J connectivity index is 1.74. The third-order valence-electron chi connectivity index (χ3n) is 6.78. The van der Waals surface area contributed by atoms with Crippen molar-refractivity contribution >= 4 is 44.2 Å². The number of nitrogens with zero attached hydrogens (tertiary/aromatic N) is 2. The second-order valence-electron chi connectivity index (χ2n) is 9.45. The van der Waals surface area contributed by atoms with Gasteiger partial charge >= 0.3 is 5.97 Å². The van der Waals surface area contributed by atoms with Gasteiger partial charge in [0.05, 0.1) is 22.1 Å². The van der Waals surface area contributed by atoms with E-state index in [1.165, 1.54) is 48.5 Å². The van der Waals surface area contributed by atoms with Crippen molar-refractivity contribution in [3.05, 3.63) is 124 Å². The maximum atomic E-state index is 14.1. The van der Waals surface area contributed by atoms with E-state index >= 15 is 0 Å². The number of benzene rings is 4. The number of amides is 1. The fourth-order valence-corrected chi connectivity index (χ4v) is 6.05. The van der Waals surface area contributed by atoms with Crippen LogP contribution in [0.5, 0.6) is 0 Å². The normalized spacial score (nSPS) is 11.3. The number of hydrogen-bond acceptors (Lipinski definition) is 8. The van der Waals surface area contributed by atoms with Gasteiger partial charge in [0.1, 0.15) is 16.9 Å². The van der Waals surface area contributed by atoms with Gasteiger partial charge in [-0.3, -0.25) is 14.9 Å². The maximum absolute atomic E-state index is 14.1. The Kier molecular flexibility index (Phi) is 8.09. The highest BCUT2D eigenvalue weighted by atomic mass is 32.2. The number of rotatable bonds is 9. The minimum atomic E-state index is -4.55. The quantitative estimate of drug-likeness (QED) is 0.103. The van der Waals surface area contributed by atoms with Gasteiger partial charge in [0.2, 0.25) is 0 Å². The molecule has 43 heavy (non-hydrogen) atoms. The van der Waals surface area contributed by atoms with Gasteiger partial charge in [0.15, 0.2) is 0 Å². The first-order chi connectivity index (χ1) is 20.6. The van der Waals surface area contributed by atoms with Crippen LogP contribution in [0.1, 0.15) is 40.1 Å². The highest BCUT2D eigenvalue weighted by molar-refractivity contribution is 7.93. The monoisotopic (exact) mass is 598 g/mol. The fourth-order valence-electron chi connectivity index (χ4n) is 4.65. The van der Waals surface area contributed by atoms with E-state index < -0.39 is 26.8 Å². The zero-order valence-electron chi connectivity index (χ0n) is 23.2. The maximum Gasteiger partial charge on any atom is 0.342 e. The van der Waals surface area contributed by atoms with Crippen LogP contribution < -0.4 is 4.31 Å². The smallest absolute Gasteiger partial charge is 0.342 e. The summed E-state index contributed by atoms with van der Waals surface area (Å²) in [5.74, 6) is -1.49. The molecular formula is C32H26N2O8S. The van der Waals surface area contributed by atoms with Crippen molar-refractivity contribution in [1.29, 1.82) is 0 Å². The molecule has 0 unspecified atom stereocenters. The summed E-state index contributed by atoms with van der Waals surface area (Å²) >= 11 is 0. The second kappa shape index (κ2) is 11.9. The Labute approximate surface area is 247 Å². The molecule has 10 nitrogen and oxygen atoms in total. The van der Waals surface area contributed by atoms with E-state index in [0.717, 1.165) is 11.6 Å². The number of ether oxygens (including phenoxy) is 1. The lowest BCUT2D eigenvalue weighted by molar-refractivity contribution is -0.384. The molecule has 5 aromatic rings. The third kappa shape index (κ3) is 5.62. The van der Waals surface area contributed by atoms with Crippen molar-refractivity contribution in [2.24, 2.45) is 0 Å². The third-order valence-corrected chi connectivity index (χ3v) is 8.51. The Hall–Kier alpha value is -5.29. The van der Waals surface area contributed by atoms with E-state index in [9.17, 15) is 28.1 Å². The largest absolute Gasteiger partial charge is 0.462 e. The van der Waals surface area contributed by atoms with Crippen molar-refractivity contribution in [2.75, 3.05) is 10.9 Å². The predicted molar refractivity (Wildman–Crippen MR) is 161 cm³/mol. The van der Waals surface area contributed by atoms with Gasteiger partial charge in [-0.1, -0.05) is 55.5 Å². The van der Waals surface area contributed by atoms with Crippen LogP contribution in [0.4, 0.5) is 11.4 Å². The number of fused-ring (bicyclic) bond motifs is 1. The molecule has 218 valence electrons. The lowest BCUT2D eigenvalue weighted by Gasteiger charge is -2.23. The predicted octanol–water partition coefficient (Wildman–Crippen LogP) is 6.78. The molecule has 0 saturated carbocycles. The molecule has 0 aliphatic carbocycles. The van der Waals surface area contributed by atoms with Crippen molar-refractivity contribution in [1.82, 2.24) is 0 Å². The summed E-state index contributed by atoms with van der Waals surface area (Å²) in [6.07, 6.45) is 0.675. The van der Waals surface area contributed by atoms with Crippen LogP contribution in [0.25, 0.3) is 22.3 Å². The van der Waals surface area contributed by atoms with Crippen LogP contribution in [0.3, 0.4) is 0 Å². The first-order valence-electron chi connectivity index (χ1n) is 13.4. The Morgan fingerprint density at radius 3 is 2.28 bits per heavy atom. The molecule has 0 N–H and O–H groups in total. The molecule has 4 aromatic carbocycles. The number of esters is 1. The Morgan fingerprint density at radius 1 is 0.907 bits per heavy atom. The number of sulfonamides is 1. The highest BCUT2D eigenvalue weighted by Gasteiger charge is 2.34. The number of carbonyl (C=O) groups is 2. The molecule has 0 bridgehead atoms. The second-order valence-corrected chi connectivity index (χ2v) is 11.2. The molecule has 0 fully saturated rings. The summed E-state index contributed by atoms with van der Waals surface area (Å²) in [5, 5.41) is 11.6. The average molecular weight is 599 g/mol. The van der Waals surface area contributed by atoms with Crippen LogP contribution in [0, 0.1) is 10.1 Å². The molecule has 5 rings (SSSR count). The lowest BCUT2D eigenvalue weighted by atomic mass is 10.1. The minimum absolute atomic E-state index is 0.0670. The molecule has 1 aromatic heterocycles. The molecule has 0 aliphatic heterocycles. The number of non-ortho nitro benzene ring substituents is 1. The topological polar surface area (TPSA) is 137 Å². The van der Waals surface area contributed by atoms with Crippen LogP contribution >= 0.6 is 0 Å². The zero-order valence-corrected chi connectivity index (χ0v) is 24.0. The van der Waals surface area contributed by atoms with Gasteiger partial charge in [-0.05, 0) is 55.3 Å². The van der Waals surface area contributed by atoms with Crippen LogP contribution in [-0.2, 0) is 21.2 Å². The number of anilines is 1. The van der Waals surface area contributed by atoms with Gasteiger partial charge in [-0.15, -0.1) is 0 Å². The number of hydrogen-bond donors (Lipinski definition) is 0. The SMILES string of the molecule is CCOC(=O)c1c(-c2ccccc2)oc2ccc(N(C(=O)c3cccc([N+](=O)[O-])c3)S(=O)(=O)c3ccc(CC)cc3)cc12. The van der Waals surface area contributed by atoms with Crippen LogP contribution in [-0.4, -0.2) is 31.8 Å². The van der Waals surface area contributed by atoms with Crippen LogP contribution in [0.2, 0.25) is 0 Å². The summed E-state index contributed by atoms with van der Waals surface area (Å²) in [4.78, 5) is 37.7. The standard InChI is InChI=1S/C32H26N2O8S/c1-3-21-13-16-26(17-14-21)43(39,40)33(31(35)23-11-8-12-25(19-23)34(37)38)24-15-18-28-27(20-24)29(32(36)41-4-2)30(42-28)22-9-6-5-7-10-22/h5-20H,3-4H2,1-2H3. The van der Waals surface area contributed by atoms with Gasteiger partial charge < -0.3 is 9.15 Å². The summed E-state index contributed by atoms with van der Waals surface area (Å²) < 4.78 is 40.1. The van der Waals surface area contributed by atoms with E-state index in [2.05, 4.69) is 0 Å². The Morgan fingerprint density at radius 2 is 1.63 bits per heavy atom. The van der Waals surface area contributed by atoms with Crippen molar-refractivity contribution in [3.8, 4) is 11.3 Å². The first-order valence-corrected chi connectivity index (χ1v) is 14.8. The van der Waals surface area contributed by atoms with Crippen molar-refractivity contribution in [2.45, 2.75) is 25.2 Å². The fraction of sp³-hybridized carbons (Fsp3) is 0.125. The molecule has 0 atom stereocenters. The number of aryl methyl sites for hydroxylation is 1. The molecule has 0 spiro atoms. The van der Waals surface area contributed by atoms with Crippen molar-refractivity contribution < 1.29 is 32.1 Å². The summed E-state index contributed by atoms with van der Waals surface area (Å²) in [5.41, 5.74) is 1.12. The van der Waals surface area contributed by atoms with E-state index in [1.54, 1.807) is 43.3 Å². The average Bonchev–Trinajstić information content (AvgIpc) is 3.41. The van der Waals surface area contributed by atoms with Gasteiger partial charge in [0.25, 0.3) is 21.6 Å². The number of furan rings is 1. The molecule has 0 saturated heterocycles. The van der Waals surface area contributed by atoms with Crippen LogP contribution in [0.15, 0.2) is 106 Å². The summed E-state index contributed by atoms with van der Waals surface area (Å²) in [6, 6.07) is 24.0. The Bertz CT molecular complexity index is 1950. The van der Waals surface area contributed by atoms with Gasteiger partial charge in [0, 0.05) is 28.6 Å². The van der Waals surface area contributed by atoms with Gasteiger partial charge in [-0.2, -0.15) is 4.31 Å². The molecule has 1 heterocycles. The van der Waals surface area contributed by atoms with E-state index in [0.29, 0.717) is 16.3 Å². The zero-order chi connectivity index (χ0) is 30.7. The number of carbonyl (C=O) groups excluding carboxylic acids is 2. The van der Waals surface area contributed by atoms with E-state index in [4.69, 9.17) is 9.15 Å². The molecule has 1 amide bonds. The molecule has 0 aliphatic rings. The van der Waals surface area contributed by atoms with E-state index in [-0.39, 0.29) is 50.7 Å². The first kappa shape index (κ1) is 29.2. The lowest BCUT2D eigenvalue weighted by Crippen LogP contribution is -2.37. The minimum Gasteiger partial charge on any atom is -0.462 e. The number of nitro groups is 1. The molecular weight excluding hydrogens is 572 g/mol. The highest BCUT2D eigenvalue weighted by Crippen LogP contribution is 2.38. The summed E-state index contributed by atoms with van der Waals surface area (Å²) in [6.45, 7) is 3.66. The van der Waals surface area contributed by atoms with E-state index in [1.807, 2.05) is 13.0 Å². The van der Waals surface area contributed by atoms with Crippen molar-refractivity contribution in [3.63, 3.8) is 0 Å². The number of nitro benzene ring substituents is 1. The summed E-state index contributed by atoms with van der Waals surface area (Å²) in [7, 11) is -4.55.